The lowest BCUT2D eigenvalue weighted by molar-refractivity contribution is 0.0746. The number of benzene rings is 1. The van der Waals surface area contributed by atoms with E-state index in [4.69, 9.17) is 0 Å². The van der Waals surface area contributed by atoms with E-state index < -0.39 is 0 Å². The Hall–Kier alpha value is -0.860. The Morgan fingerprint density at radius 3 is 2.25 bits per heavy atom. The number of nitrogens with zero attached hydrogens (tertiary/aromatic N) is 1. The Bertz CT molecular complexity index is 406. The maximum absolute atomic E-state index is 3.77. The van der Waals surface area contributed by atoms with Crippen molar-refractivity contribution in [3.05, 3.63) is 35.4 Å². The minimum atomic E-state index is 0.315. The van der Waals surface area contributed by atoms with Crippen molar-refractivity contribution in [2.24, 2.45) is 0 Å². The molecule has 1 aliphatic heterocycles. The van der Waals surface area contributed by atoms with Crippen molar-refractivity contribution in [2.75, 3.05) is 13.1 Å². The third-order valence-electron chi connectivity index (χ3n) is 5.07. The highest BCUT2D eigenvalue weighted by atomic mass is 15.2. The molecule has 0 aliphatic carbocycles. The predicted octanol–water partition coefficient (Wildman–Crippen LogP) is 3.60. The van der Waals surface area contributed by atoms with Gasteiger partial charge in [-0.2, -0.15) is 0 Å². The quantitative estimate of drug-likeness (QED) is 0.882. The van der Waals surface area contributed by atoms with Crippen LogP contribution in [0.4, 0.5) is 0 Å². The van der Waals surface area contributed by atoms with E-state index in [2.05, 4.69) is 62.2 Å². The average Bonchev–Trinajstić information content (AvgIpc) is 2.50. The molecular formula is C18H30N2. The van der Waals surface area contributed by atoms with Crippen LogP contribution >= 0.6 is 0 Å². The first-order valence-electron chi connectivity index (χ1n) is 8.19. The summed E-state index contributed by atoms with van der Waals surface area (Å²) in [5.74, 6) is 0. The van der Waals surface area contributed by atoms with E-state index in [0.29, 0.717) is 11.6 Å². The number of aryl methyl sites for hydroxylation is 1. The molecule has 1 aromatic rings. The molecule has 20 heavy (non-hydrogen) atoms. The fourth-order valence-corrected chi connectivity index (χ4v) is 3.14. The number of hydrogen-bond donors (Lipinski definition) is 1. The van der Waals surface area contributed by atoms with Gasteiger partial charge in [-0.3, -0.25) is 4.90 Å². The van der Waals surface area contributed by atoms with Crippen molar-refractivity contribution >= 4 is 0 Å². The van der Waals surface area contributed by atoms with E-state index in [0.717, 1.165) is 26.1 Å². The number of rotatable bonds is 5. The fourth-order valence-electron chi connectivity index (χ4n) is 3.14. The molecule has 0 aromatic heterocycles. The normalized spacial score (nSPS) is 22.9. The fraction of sp³-hybridized carbons (Fsp3) is 0.667. The van der Waals surface area contributed by atoms with Gasteiger partial charge in [0, 0.05) is 31.2 Å². The third-order valence-corrected chi connectivity index (χ3v) is 5.07. The van der Waals surface area contributed by atoms with Gasteiger partial charge in [0.25, 0.3) is 0 Å². The lowest BCUT2D eigenvalue weighted by Gasteiger charge is -2.46. The first-order valence-corrected chi connectivity index (χ1v) is 8.19. The number of hydrogen-bond acceptors (Lipinski definition) is 2. The van der Waals surface area contributed by atoms with Gasteiger partial charge in [-0.25, -0.2) is 0 Å². The Morgan fingerprint density at radius 2 is 1.70 bits per heavy atom. The van der Waals surface area contributed by atoms with Crippen LogP contribution < -0.4 is 5.32 Å². The van der Waals surface area contributed by atoms with Crippen LogP contribution in [-0.2, 0) is 13.0 Å². The van der Waals surface area contributed by atoms with Gasteiger partial charge in [-0.1, -0.05) is 45.0 Å². The third kappa shape index (κ3) is 3.42. The van der Waals surface area contributed by atoms with Gasteiger partial charge in [-0.05, 0) is 37.3 Å². The zero-order valence-corrected chi connectivity index (χ0v) is 13.6. The van der Waals surface area contributed by atoms with Crippen molar-refractivity contribution in [1.82, 2.24) is 10.2 Å². The largest absolute Gasteiger partial charge is 0.308 e. The van der Waals surface area contributed by atoms with Crippen LogP contribution in [0.1, 0.15) is 51.7 Å². The van der Waals surface area contributed by atoms with Crippen LogP contribution in [0, 0.1) is 0 Å². The van der Waals surface area contributed by atoms with Crippen LogP contribution in [0.5, 0.6) is 0 Å². The smallest absolute Gasteiger partial charge is 0.0304 e. The maximum Gasteiger partial charge on any atom is 0.0304 e. The number of piperazine rings is 1. The van der Waals surface area contributed by atoms with Crippen molar-refractivity contribution in [3.63, 3.8) is 0 Å². The second-order valence-corrected chi connectivity index (χ2v) is 6.29. The summed E-state index contributed by atoms with van der Waals surface area (Å²) in [6.45, 7) is 12.5. The summed E-state index contributed by atoms with van der Waals surface area (Å²) < 4.78 is 0. The van der Waals surface area contributed by atoms with Gasteiger partial charge >= 0.3 is 0 Å². The van der Waals surface area contributed by atoms with Crippen LogP contribution in [0.2, 0.25) is 0 Å². The van der Waals surface area contributed by atoms with E-state index in [1.807, 2.05) is 0 Å². The molecule has 1 N–H and O–H groups in total. The van der Waals surface area contributed by atoms with Gasteiger partial charge in [0.15, 0.2) is 0 Å². The maximum atomic E-state index is 3.77. The van der Waals surface area contributed by atoms with Crippen LogP contribution in [0.15, 0.2) is 24.3 Å². The SMILES string of the molecule is CCc1ccc(CN2CC(CC)(CC)NCC2C)cc1. The van der Waals surface area contributed by atoms with Crippen LogP contribution in [-0.4, -0.2) is 29.6 Å². The standard InChI is InChI=1S/C18H30N2/c1-5-16-8-10-17(11-9-16)13-20-14-18(6-2,7-3)19-12-15(20)4/h8-11,15,19H,5-7,12-14H2,1-4H3. The highest BCUT2D eigenvalue weighted by Crippen LogP contribution is 2.24. The topological polar surface area (TPSA) is 15.3 Å². The van der Waals surface area contributed by atoms with Crippen LogP contribution in [0.25, 0.3) is 0 Å². The van der Waals surface area contributed by atoms with Gasteiger partial charge in [-0.15, -0.1) is 0 Å². The molecule has 112 valence electrons. The summed E-state index contributed by atoms with van der Waals surface area (Å²) in [7, 11) is 0. The molecule has 1 atom stereocenters. The van der Waals surface area contributed by atoms with E-state index in [9.17, 15) is 0 Å². The molecule has 1 aliphatic rings. The molecule has 1 aromatic carbocycles. The first-order chi connectivity index (χ1) is 9.62. The Balaban J connectivity index is 2.05. The monoisotopic (exact) mass is 274 g/mol. The summed E-state index contributed by atoms with van der Waals surface area (Å²) in [6, 6.07) is 9.76. The summed E-state index contributed by atoms with van der Waals surface area (Å²) in [5, 5.41) is 3.77. The highest BCUT2D eigenvalue weighted by Gasteiger charge is 2.34. The molecule has 2 heteroatoms. The van der Waals surface area contributed by atoms with E-state index >= 15 is 0 Å². The molecule has 1 unspecified atom stereocenters. The van der Waals surface area contributed by atoms with Crippen molar-refractivity contribution < 1.29 is 0 Å². The lowest BCUT2D eigenvalue weighted by Crippen LogP contribution is -2.62. The van der Waals surface area contributed by atoms with Gasteiger partial charge < -0.3 is 5.32 Å². The molecular weight excluding hydrogens is 244 g/mol. The Kier molecular flexibility index (Phi) is 5.22. The highest BCUT2D eigenvalue weighted by molar-refractivity contribution is 5.22. The average molecular weight is 274 g/mol. The summed E-state index contributed by atoms with van der Waals surface area (Å²) in [5.41, 5.74) is 3.19. The zero-order valence-electron chi connectivity index (χ0n) is 13.6. The number of nitrogens with one attached hydrogen (secondary N) is 1. The zero-order chi connectivity index (χ0) is 14.6. The molecule has 1 saturated heterocycles. The second-order valence-electron chi connectivity index (χ2n) is 6.29. The summed E-state index contributed by atoms with van der Waals surface area (Å²) in [6.07, 6.45) is 3.54. The van der Waals surface area contributed by atoms with Crippen molar-refractivity contribution in [1.29, 1.82) is 0 Å². The Morgan fingerprint density at radius 1 is 1.10 bits per heavy atom. The molecule has 0 amide bonds. The molecule has 2 nitrogen and oxygen atoms in total. The molecule has 0 spiro atoms. The predicted molar refractivity (Wildman–Crippen MR) is 87.0 cm³/mol. The van der Waals surface area contributed by atoms with E-state index in [-0.39, 0.29) is 0 Å². The van der Waals surface area contributed by atoms with Crippen molar-refractivity contribution in [3.8, 4) is 0 Å². The Labute approximate surface area is 124 Å². The van der Waals surface area contributed by atoms with E-state index in [1.165, 1.54) is 24.0 Å². The van der Waals surface area contributed by atoms with Gasteiger partial charge in [0.2, 0.25) is 0 Å². The van der Waals surface area contributed by atoms with Crippen molar-refractivity contribution in [2.45, 2.75) is 65.1 Å². The van der Waals surface area contributed by atoms with Gasteiger partial charge in [0.05, 0.1) is 0 Å². The second kappa shape index (κ2) is 6.73. The van der Waals surface area contributed by atoms with E-state index in [1.54, 1.807) is 0 Å². The van der Waals surface area contributed by atoms with Gasteiger partial charge in [0.1, 0.15) is 0 Å². The minimum Gasteiger partial charge on any atom is -0.308 e. The summed E-state index contributed by atoms with van der Waals surface area (Å²) >= 11 is 0. The first kappa shape index (κ1) is 15.5. The lowest BCUT2D eigenvalue weighted by atomic mass is 9.88. The van der Waals surface area contributed by atoms with Crippen LogP contribution in [0.3, 0.4) is 0 Å². The molecule has 2 rings (SSSR count). The molecule has 1 fully saturated rings. The molecule has 1 heterocycles. The summed E-state index contributed by atoms with van der Waals surface area (Å²) in [4.78, 5) is 2.64. The molecule has 0 bridgehead atoms. The molecule has 0 radical (unpaired) electrons. The molecule has 0 saturated carbocycles. The minimum absolute atomic E-state index is 0.315.